The normalized spacial score (nSPS) is 12.5. The van der Waals surface area contributed by atoms with E-state index in [9.17, 15) is 18.3 Å². The van der Waals surface area contributed by atoms with Gasteiger partial charge in [-0.1, -0.05) is 17.3 Å². The number of rotatable bonds is 4. The van der Waals surface area contributed by atoms with Crippen LogP contribution in [-0.4, -0.2) is 26.5 Å². The Morgan fingerprint density at radius 1 is 1.19 bits per heavy atom. The van der Waals surface area contributed by atoms with Crippen LogP contribution in [0.15, 0.2) is 30.5 Å². The van der Waals surface area contributed by atoms with Crippen molar-refractivity contribution in [3.63, 3.8) is 0 Å². The lowest BCUT2D eigenvalue weighted by Crippen LogP contribution is -2.17. The molecule has 0 atom stereocenters. The molecule has 114 valence electrons. The minimum atomic E-state index is -4.70. The van der Waals surface area contributed by atoms with Crippen molar-refractivity contribution in [1.82, 2.24) is 15.0 Å². The smallest absolute Gasteiger partial charge is 0.406 e. The highest BCUT2D eigenvalue weighted by atomic mass is 19.4. The lowest BCUT2D eigenvalue weighted by atomic mass is 10.1. The Bertz CT molecular complexity index is 600. The Morgan fingerprint density at radius 3 is 2.29 bits per heavy atom. The van der Waals surface area contributed by atoms with E-state index in [4.69, 9.17) is 0 Å². The summed E-state index contributed by atoms with van der Waals surface area (Å²) in [6, 6.07) is 5.48. The van der Waals surface area contributed by atoms with E-state index in [1.54, 1.807) is 20.0 Å². The van der Waals surface area contributed by atoms with Crippen LogP contribution in [0.3, 0.4) is 0 Å². The van der Waals surface area contributed by atoms with Crippen molar-refractivity contribution in [3.05, 3.63) is 41.7 Å². The first-order valence-electron chi connectivity index (χ1n) is 6.11. The molecule has 0 fully saturated rings. The molecule has 0 unspecified atom stereocenters. The highest BCUT2D eigenvalue weighted by molar-refractivity contribution is 5.27. The number of ether oxygens (including phenoxy) is 1. The number of aliphatic hydroxyl groups is 1. The van der Waals surface area contributed by atoms with E-state index in [2.05, 4.69) is 15.0 Å². The molecule has 0 aliphatic heterocycles. The highest BCUT2D eigenvalue weighted by Crippen LogP contribution is 2.23. The minimum absolute atomic E-state index is 0.276. The molecule has 1 N–H and O–H groups in total. The summed E-state index contributed by atoms with van der Waals surface area (Å²) in [7, 11) is 0. The van der Waals surface area contributed by atoms with Crippen LogP contribution in [-0.2, 0) is 12.1 Å². The monoisotopic (exact) mass is 301 g/mol. The molecular formula is C13H14F3N3O2. The van der Waals surface area contributed by atoms with E-state index in [1.807, 2.05) is 0 Å². The Labute approximate surface area is 119 Å². The van der Waals surface area contributed by atoms with E-state index in [0.29, 0.717) is 12.2 Å². The molecule has 0 aliphatic rings. The third kappa shape index (κ3) is 4.45. The van der Waals surface area contributed by atoms with Gasteiger partial charge in [-0.15, -0.1) is 18.3 Å². The van der Waals surface area contributed by atoms with E-state index >= 15 is 0 Å². The quantitative estimate of drug-likeness (QED) is 0.942. The van der Waals surface area contributed by atoms with Crippen molar-refractivity contribution in [2.45, 2.75) is 32.4 Å². The molecule has 1 aromatic heterocycles. The topological polar surface area (TPSA) is 60.2 Å². The summed E-state index contributed by atoms with van der Waals surface area (Å²) in [6.07, 6.45) is -3.12. The summed E-state index contributed by atoms with van der Waals surface area (Å²) >= 11 is 0. The number of hydrogen-bond acceptors (Lipinski definition) is 4. The molecule has 1 aromatic carbocycles. The van der Waals surface area contributed by atoms with Gasteiger partial charge in [-0.25, -0.2) is 4.68 Å². The fourth-order valence-electron chi connectivity index (χ4n) is 1.64. The zero-order valence-corrected chi connectivity index (χ0v) is 11.4. The summed E-state index contributed by atoms with van der Waals surface area (Å²) < 4.78 is 41.4. The van der Waals surface area contributed by atoms with Gasteiger partial charge in [-0.05, 0) is 31.5 Å². The highest BCUT2D eigenvalue weighted by Gasteiger charge is 2.30. The van der Waals surface area contributed by atoms with Crippen molar-refractivity contribution in [3.8, 4) is 5.75 Å². The standard InChI is InChI=1S/C13H14F3N3O2/c1-12(2,20)11-8-19(18-17-11)7-9-3-5-10(6-4-9)21-13(14,15)16/h3-6,8,20H,7H2,1-2H3. The lowest BCUT2D eigenvalue weighted by molar-refractivity contribution is -0.274. The van der Waals surface area contributed by atoms with Crippen molar-refractivity contribution < 1.29 is 23.0 Å². The number of aromatic nitrogens is 3. The number of nitrogens with zero attached hydrogens (tertiary/aromatic N) is 3. The van der Waals surface area contributed by atoms with Gasteiger partial charge in [0.25, 0.3) is 0 Å². The van der Waals surface area contributed by atoms with Crippen LogP contribution in [0.4, 0.5) is 13.2 Å². The summed E-state index contributed by atoms with van der Waals surface area (Å²) in [5.74, 6) is -0.276. The van der Waals surface area contributed by atoms with Crippen molar-refractivity contribution in [2.75, 3.05) is 0 Å². The van der Waals surface area contributed by atoms with Gasteiger partial charge >= 0.3 is 6.36 Å². The van der Waals surface area contributed by atoms with Gasteiger partial charge in [0.05, 0.1) is 12.7 Å². The molecule has 1 heterocycles. The van der Waals surface area contributed by atoms with Gasteiger partial charge in [0, 0.05) is 0 Å². The summed E-state index contributed by atoms with van der Waals surface area (Å²) in [5, 5.41) is 17.5. The third-order valence-corrected chi connectivity index (χ3v) is 2.67. The van der Waals surface area contributed by atoms with Crippen LogP contribution in [0.25, 0.3) is 0 Å². The molecule has 8 heteroatoms. The predicted octanol–water partition coefficient (Wildman–Crippen LogP) is 2.45. The summed E-state index contributed by atoms with van der Waals surface area (Å²) in [4.78, 5) is 0. The molecule has 0 radical (unpaired) electrons. The second-order valence-electron chi connectivity index (χ2n) is 5.05. The average molecular weight is 301 g/mol. The number of alkyl halides is 3. The molecule has 0 amide bonds. The molecule has 21 heavy (non-hydrogen) atoms. The van der Waals surface area contributed by atoms with Crippen LogP contribution in [0.1, 0.15) is 25.1 Å². The van der Waals surface area contributed by atoms with Crippen LogP contribution in [0.2, 0.25) is 0 Å². The molecule has 2 rings (SSSR count). The minimum Gasteiger partial charge on any atom is -0.406 e. The number of hydrogen-bond donors (Lipinski definition) is 1. The second-order valence-corrected chi connectivity index (χ2v) is 5.05. The lowest BCUT2D eigenvalue weighted by Gasteiger charge is -2.11. The summed E-state index contributed by atoms with van der Waals surface area (Å²) in [6.45, 7) is 3.50. The van der Waals surface area contributed by atoms with Crippen molar-refractivity contribution >= 4 is 0 Å². The first kappa shape index (κ1) is 15.3. The first-order valence-corrected chi connectivity index (χ1v) is 6.11. The van der Waals surface area contributed by atoms with E-state index < -0.39 is 12.0 Å². The molecule has 0 saturated heterocycles. The van der Waals surface area contributed by atoms with Gasteiger partial charge in [-0.2, -0.15) is 0 Å². The van der Waals surface area contributed by atoms with Gasteiger partial charge in [-0.3, -0.25) is 0 Å². The molecule has 0 bridgehead atoms. The summed E-state index contributed by atoms with van der Waals surface area (Å²) in [5.41, 5.74) is 0.0547. The van der Waals surface area contributed by atoms with Crippen LogP contribution < -0.4 is 4.74 Å². The molecule has 0 saturated carbocycles. The van der Waals surface area contributed by atoms with Crippen molar-refractivity contribution in [1.29, 1.82) is 0 Å². The Hall–Kier alpha value is -2.09. The van der Waals surface area contributed by atoms with Gasteiger partial charge in [0.1, 0.15) is 17.0 Å². The third-order valence-electron chi connectivity index (χ3n) is 2.67. The zero-order chi connectivity index (χ0) is 15.7. The molecule has 2 aromatic rings. The molecule has 0 spiro atoms. The average Bonchev–Trinajstić information content (AvgIpc) is 2.78. The van der Waals surface area contributed by atoms with Crippen LogP contribution in [0, 0.1) is 0 Å². The van der Waals surface area contributed by atoms with Crippen LogP contribution >= 0.6 is 0 Å². The predicted molar refractivity (Wildman–Crippen MR) is 67.5 cm³/mol. The SMILES string of the molecule is CC(C)(O)c1cn(Cc2ccc(OC(F)(F)F)cc2)nn1. The molecule has 0 aliphatic carbocycles. The van der Waals surface area contributed by atoms with E-state index in [-0.39, 0.29) is 5.75 Å². The maximum Gasteiger partial charge on any atom is 0.573 e. The van der Waals surface area contributed by atoms with Crippen molar-refractivity contribution in [2.24, 2.45) is 0 Å². The Morgan fingerprint density at radius 2 is 1.81 bits per heavy atom. The molecular weight excluding hydrogens is 287 g/mol. The second kappa shape index (κ2) is 5.36. The van der Waals surface area contributed by atoms with Gasteiger partial charge < -0.3 is 9.84 Å². The first-order chi connectivity index (χ1) is 9.63. The zero-order valence-electron chi connectivity index (χ0n) is 11.4. The van der Waals surface area contributed by atoms with Crippen LogP contribution in [0.5, 0.6) is 5.75 Å². The fraction of sp³-hybridized carbons (Fsp3) is 0.385. The number of halogens is 3. The Balaban J connectivity index is 2.05. The maximum atomic E-state index is 12.0. The molecule has 5 nitrogen and oxygen atoms in total. The fourth-order valence-corrected chi connectivity index (χ4v) is 1.64. The van der Waals surface area contributed by atoms with Gasteiger partial charge in [0.2, 0.25) is 0 Å². The van der Waals surface area contributed by atoms with E-state index in [1.165, 1.54) is 28.9 Å². The largest absolute Gasteiger partial charge is 0.573 e. The maximum absolute atomic E-state index is 12.0. The number of benzene rings is 1. The Kier molecular flexibility index (Phi) is 3.91. The van der Waals surface area contributed by atoms with E-state index in [0.717, 1.165) is 5.56 Å². The van der Waals surface area contributed by atoms with Gasteiger partial charge in [0.15, 0.2) is 0 Å².